The molecule has 0 bridgehead atoms. The van der Waals surface area contributed by atoms with Gasteiger partial charge in [-0.15, -0.1) is 0 Å². The highest BCUT2D eigenvalue weighted by molar-refractivity contribution is 5.66. The van der Waals surface area contributed by atoms with Crippen molar-refractivity contribution in [2.24, 2.45) is 0 Å². The highest BCUT2D eigenvalue weighted by Gasteiger charge is 2.33. The van der Waals surface area contributed by atoms with E-state index in [1.54, 1.807) is 0 Å². The van der Waals surface area contributed by atoms with Gasteiger partial charge in [0.1, 0.15) is 0 Å². The van der Waals surface area contributed by atoms with Crippen LogP contribution in [0.5, 0.6) is 0 Å². The van der Waals surface area contributed by atoms with Gasteiger partial charge in [-0.05, 0) is 45.7 Å². The van der Waals surface area contributed by atoms with Crippen molar-refractivity contribution in [1.82, 2.24) is 9.80 Å². The third-order valence-electron chi connectivity index (χ3n) is 4.15. The standard InChI is InChI=1S/C13H24N2O2/c1-11-9-15-8-4-5-12(15)10-14(11)7-3-2-6-13(16)17/h11-12H,2-10H2,1H3,(H,16,17). The molecule has 2 atom stereocenters. The first-order valence-corrected chi connectivity index (χ1v) is 6.86. The van der Waals surface area contributed by atoms with Crippen molar-refractivity contribution in [3.8, 4) is 0 Å². The zero-order valence-corrected chi connectivity index (χ0v) is 10.8. The van der Waals surface area contributed by atoms with Crippen molar-refractivity contribution < 1.29 is 9.90 Å². The molecule has 2 aliphatic heterocycles. The Morgan fingerprint density at radius 2 is 2.18 bits per heavy atom. The van der Waals surface area contributed by atoms with E-state index < -0.39 is 5.97 Å². The Balaban J connectivity index is 1.71. The summed E-state index contributed by atoms with van der Waals surface area (Å²) in [5.41, 5.74) is 0. The van der Waals surface area contributed by atoms with Crippen LogP contribution in [0.2, 0.25) is 0 Å². The van der Waals surface area contributed by atoms with Crippen LogP contribution in [0, 0.1) is 0 Å². The lowest BCUT2D eigenvalue weighted by molar-refractivity contribution is -0.137. The van der Waals surface area contributed by atoms with Crippen LogP contribution in [0.3, 0.4) is 0 Å². The fraction of sp³-hybridized carbons (Fsp3) is 0.923. The van der Waals surface area contributed by atoms with E-state index in [0.717, 1.165) is 25.4 Å². The summed E-state index contributed by atoms with van der Waals surface area (Å²) in [6.45, 7) is 7.03. The van der Waals surface area contributed by atoms with Gasteiger partial charge in [0.15, 0.2) is 0 Å². The van der Waals surface area contributed by atoms with Crippen LogP contribution >= 0.6 is 0 Å². The minimum absolute atomic E-state index is 0.317. The molecule has 17 heavy (non-hydrogen) atoms. The largest absolute Gasteiger partial charge is 0.481 e. The quantitative estimate of drug-likeness (QED) is 0.738. The summed E-state index contributed by atoms with van der Waals surface area (Å²) in [5.74, 6) is -0.668. The van der Waals surface area contributed by atoms with Crippen LogP contribution in [0.25, 0.3) is 0 Å². The molecule has 1 N–H and O–H groups in total. The Morgan fingerprint density at radius 3 is 2.94 bits per heavy atom. The lowest BCUT2D eigenvalue weighted by Crippen LogP contribution is -2.54. The maximum absolute atomic E-state index is 10.4. The summed E-state index contributed by atoms with van der Waals surface area (Å²) in [7, 11) is 0. The molecular weight excluding hydrogens is 216 g/mol. The molecule has 0 aromatic rings. The number of hydrogen-bond acceptors (Lipinski definition) is 3. The summed E-state index contributed by atoms with van der Waals surface area (Å²) >= 11 is 0. The van der Waals surface area contributed by atoms with E-state index in [1.165, 1.54) is 32.5 Å². The fourth-order valence-corrected chi connectivity index (χ4v) is 3.15. The minimum Gasteiger partial charge on any atom is -0.481 e. The molecule has 0 aromatic heterocycles. The normalized spacial score (nSPS) is 30.4. The molecule has 0 amide bonds. The van der Waals surface area contributed by atoms with E-state index in [4.69, 9.17) is 5.11 Å². The molecule has 4 heteroatoms. The lowest BCUT2D eigenvalue weighted by Gasteiger charge is -2.42. The number of carboxylic acid groups (broad SMARTS) is 1. The monoisotopic (exact) mass is 240 g/mol. The van der Waals surface area contributed by atoms with E-state index in [2.05, 4.69) is 16.7 Å². The molecule has 2 unspecified atom stereocenters. The third kappa shape index (κ3) is 3.42. The van der Waals surface area contributed by atoms with E-state index in [9.17, 15) is 4.79 Å². The van der Waals surface area contributed by atoms with Gasteiger partial charge in [0, 0.05) is 31.6 Å². The second-order valence-corrected chi connectivity index (χ2v) is 5.49. The lowest BCUT2D eigenvalue weighted by atomic mass is 10.1. The molecule has 2 saturated heterocycles. The predicted molar refractivity (Wildman–Crippen MR) is 67.1 cm³/mol. The van der Waals surface area contributed by atoms with Gasteiger partial charge < -0.3 is 5.11 Å². The third-order valence-corrected chi connectivity index (χ3v) is 4.15. The topological polar surface area (TPSA) is 43.8 Å². The zero-order chi connectivity index (χ0) is 12.3. The van der Waals surface area contributed by atoms with Crippen LogP contribution in [-0.4, -0.2) is 59.1 Å². The molecule has 0 aromatic carbocycles. The summed E-state index contributed by atoms with van der Waals surface area (Å²) in [6.07, 6.45) is 4.84. The SMILES string of the molecule is CC1CN2CCCC2CN1CCCCC(=O)O. The van der Waals surface area contributed by atoms with E-state index in [-0.39, 0.29) is 0 Å². The molecule has 0 aliphatic carbocycles. The Kier molecular flexibility index (Phi) is 4.40. The molecule has 2 rings (SSSR count). The van der Waals surface area contributed by atoms with Gasteiger partial charge in [-0.3, -0.25) is 14.6 Å². The summed E-state index contributed by atoms with van der Waals surface area (Å²) in [4.78, 5) is 15.6. The summed E-state index contributed by atoms with van der Waals surface area (Å²) in [5, 5.41) is 8.61. The van der Waals surface area contributed by atoms with Gasteiger partial charge in [0.05, 0.1) is 0 Å². The second-order valence-electron chi connectivity index (χ2n) is 5.49. The number of unbranched alkanes of at least 4 members (excludes halogenated alkanes) is 1. The Bertz CT molecular complexity index is 270. The Morgan fingerprint density at radius 1 is 1.35 bits per heavy atom. The van der Waals surface area contributed by atoms with Gasteiger partial charge in [0.2, 0.25) is 0 Å². The maximum Gasteiger partial charge on any atom is 0.303 e. The fourth-order valence-electron chi connectivity index (χ4n) is 3.15. The molecular formula is C13H24N2O2. The van der Waals surface area contributed by atoms with Gasteiger partial charge >= 0.3 is 5.97 Å². The van der Waals surface area contributed by atoms with Crippen molar-refractivity contribution in [2.75, 3.05) is 26.2 Å². The van der Waals surface area contributed by atoms with Crippen molar-refractivity contribution in [1.29, 1.82) is 0 Å². The van der Waals surface area contributed by atoms with Crippen molar-refractivity contribution in [2.45, 2.75) is 51.1 Å². The average Bonchev–Trinajstić information content (AvgIpc) is 2.71. The number of nitrogens with zero attached hydrogens (tertiary/aromatic N) is 2. The molecule has 0 radical (unpaired) electrons. The molecule has 2 aliphatic rings. The number of hydrogen-bond donors (Lipinski definition) is 1. The zero-order valence-electron chi connectivity index (χ0n) is 10.8. The van der Waals surface area contributed by atoms with Gasteiger partial charge in [-0.1, -0.05) is 0 Å². The van der Waals surface area contributed by atoms with Crippen molar-refractivity contribution in [3.05, 3.63) is 0 Å². The molecule has 0 saturated carbocycles. The summed E-state index contributed by atoms with van der Waals surface area (Å²) in [6, 6.07) is 1.40. The summed E-state index contributed by atoms with van der Waals surface area (Å²) < 4.78 is 0. The Hall–Kier alpha value is -0.610. The number of rotatable bonds is 5. The van der Waals surface area contributed by atoms with Gasteiger partial charge in [0.25, 0.3) is 0 Å². The number of piperazine rings is 1. The second kappa shape index (κ2) is 5.83. The number of carbonyl (C=O) groups is 1. The molecule has 0 spiro atoms. The highest BCUT2D eigenvalue weighted by Crippen LogP contribution is 2.24. The Labute approximate surface area is 104 Å². The van der Waals surface area contributed by atoms with Crippen LogP contribution in [0.4, 0.5) is 0 Å². The molecule has 2 heterocycles. The molecule has 98 valence electrons. The minimum atomic E-state index is -0.668. The van der Waals surface area contributed by atoms with Crippen molar-refractivity contribution in [3.63, 3.8) is 0 Å². The van der Waals surface area contributed by atoms with Gasteiger partial charge in [-0.2, -0.15) is 0 Å². The van der Waals surface area contributed by atoms with Crippen molar-refractivity contribution >= 4 is 5.97 Å². The molecule has 4 nitrogen and oxygen atoms in total. The van der Waals surface area contributed by atoms with E-state index in [0.29, 0.717) is 12.5 Å². The predicted octanol–water partition coefficient (Wildman–Crippen LogP) is 1.41. The van der Waals surface area contributed by atoms with Crippen LogP contribution < -0.4 is 0 Å². The smallest absolute Gasteiger partial charge is 0.303 e. The van der Waals surface area contributed by atoms with E-state index in [1.807, 2.05) is 0 Å². The first kappa shape index (κ1) is 12.8. The number of fused-ring (bicyclic) bond motifs is 1. The average molecular weight is 240 g/mol. The number of aliphatic carboxylic acids is 1. The van der Waals surface area contributed by atoms with Gasteiger partial charge in [-0.25, -0.2) is 0 Å². The van der Waals surface area contributed by atoms with Crippen LogP contribution in [0.15, 0.2) is 0 Å². The van der Waals surface area contributed by atoms with E-state index >= 15 is 0 Å². The first-order chi connectivity index (χ1) is 8.16. The number of carboxylic acids is 1. The van der Waals surface area contributed by atoms with Crippen LogP contribution in [-0.2, 0) is 4.79 Å². The van der Waals surface area contributed by atoms with Crippen LogP contribution in [0.1, 0.15) is 39.0 Å². The first-order valence-electron chi connectivity index (χ1n) is 6.86. The molecule has 2 fully saturated rings. The maximum atomic E-state index is 10.4. The highest BCUT2D eigenvalue weighted by atomic mass is 16.4.